The molecular formula is C40H51N3O8. The number of amides is 3. The number of carbonyl (C=O) groups is 6. The van der Waals surface area contributed by atoms with Gasteiger partial charge in [0.1, 0.15) is 23.7 Å². The van der Waals surface area contributed by atoms with Gasteiger partial charge < -0.3 is 25.8 Å². The molecule has 0 aromatic heterocycles. The van der Waals surface area contributed by atoms with E-state index in [0.29, 0.717) is 24.3 Å². The Kier molecular flexibility index (Phi) is 12.0. The van der Waals surface area contributed by atoms with Crippen LogP contribution in [0.4, 0.5) is 5.69 Å². The second-order valence-electron chi connectivity index (χ2n) is 15.2. The van der Waals surface area contributed by atoms with Crippen molar-refractivity contribution in [2.75, 3.05) is 5.32 Å². The molecule has 11 nitrogen and oxygen atoms in total. The number of nitrogens with one attached hydrogen (secondary N) is 3. The van der Waals surface area contributed by atoms with E-state index in [2.05, 4.69) is 16.0 Å². The van der Waals surface area contributed by atoms with Crippen LogP contribution in [0.3, 0.4) is 0 Å². The molecule has 2 aromatic carbocycles. The van der Waals surface area contributed by atoms with Crippen molar-refractivity contribution in [3.05, 3.63) is 48.5 Å². The zero-order valence-corrected chi connectivity index (χ0v) is 30.0. The van der Waals surface area contributed by atoms with Crippen LogP contribution in [0.1, 0.15) is 91.9 Å². The molecule has 51 heavy (non-hydrogen) atoms. The van der Waals surface area contributed by atoms with Gasteiger partial charge in [-0.25, -0.2) is 0 Å². The molecule has 3 aliphatic rings. The van der Waals surface area contributed by atoms with E-state index in [-0.39, 0.29) is 54.5 Å². The fourth-order valence-corrected chi connectivity index (χ4v) is 7.88. The van der Waals surface area contributed by atoms with E-state index in [0.717, 1.165) is 43.2 Å². The van der Waals surface area contributed by atoms with Gasteiger partial charge in [-0.1, -0.05) is 57.4 Å². The normalized spacial score (nSPS) is 22.3. The third kappa shape index (κ3) is 9.42. The second-order valence-corrected chi connectivity index (χ2v) is 15.2. The van der Waals surface area contributed by atoms with Gasteiger partial charge in [0.2, 0.25) is 17.7 Å². The summed E-state index contributed by atoms with van der Waals surface area (Å²) in [5.41, 5.74) is 1.29. The number of aliphatic carboxylic acids is 1. The Labute approximate surface area is 299 Å². The predicted molar refractivity (Wildman–Crippen MR) is 192 cm³/mol. The molecule has 3 fully saturated rings. The van der Waals surface area contributed by atoms with Gasteiger partial charge in [0.25, 0.3) is 0 Å². The topological polar surface area (TPSA) is 168 Å². The first kappa shape index (κ1) is 37.7. The Morgan fingerprint density at radius 3 is 2.10 bits per heavy atom. The molecule has 3 amide bonds. The van der Waals surface area contributed by atoms with Crippen molar-refractivity contribution in [1.29, 1.82) is 0 Å². The number of Topliss-reactive ketones (excluding diaryl/α,β-unsaturated/α-hetero) is 2. The zero-order chi connectivity index (χ0) is 36.9. The van der Waals surface area contributed by atoms with E-state index < -0.39 is 47.3 Å². The molecular weight excluding hydrogens is 650 g/mol. The van der Waals surface area contributed by atoms with Crippen molar-refractivity contribution in [3.8, 4) is 16.9 Å². The molecule has 3 saturated carbocycles. The van der Waals surface area contributed by atoms with Gasteiger partial charge in [0, 0.05) is 37.8 Å². The zero-order valence-electron chi connectivity index (χ0n) is 30.0. The average molecular weight is 702 g/mol. The first-order valence-electron chi connectivity index (χ1n) is 18.3. The molecule has 2 aromatic rings. The van der Waals surface area contributed by atoms with Crippen molar-refractivity contribution >= 4 is 40.9 Å². The third-order valence-corrected chi connectivity index (χ3v) is 10.8. The molecule has 5 rings (SSSR count). The summed E-state index contributed by atoms with van der Waals surface area (Å²) in [6.07, 6.45) is 5.30. The molecule has 5 atom stereocenters. The van der Waals surface area contributed by atoms with Crippen LogP contribution in [0.15, 0.2) is 48.5 Å². The fraction of sp³-hybridized carbons (Fsp3) is 0.550. The van der Waals surface area contributed by atoms with Gasteiger partial charge in [0.15, 0.2) is 5.78 Å². The summed E-state index contributed by atoms with van der Waals surface area (Å²) >= 11 is 0. The maximum Gasteiger partial charge on any atom is 0.310 e. The number of carbonyl (C=O) groups excluding carboxylic acids is 5. The maximum absolute atomic E-state index is 14.5. The Hall–Kier alpha value is -4.54. The van der Waals surface area contributed by atoms with Crippen LogP contribution >= 0.6 is 0 Å². The molecule has 3 aliphatic carbocycles. The highest BCUT2D eigenvalue weighted by Crippen LogP contribution is 2.51. The number of ether oxygens (including phenoxy) is 1. The maximum atomic E-state index is 14.5. The van der Waals surface area contributed by atoms with Crippen LogP contribution in [0.5, 0.6) is 5.75 Å². The molecule has 0 bridgehead atoms. The monoisotopic (exact) mass is 701 g/mol. The molecule has 11 heteroatoms. The number of carboxylic acid groups (broad SMARTS) is 1. The molecule has 0 radical (unpaired) electrons. The minimum atomic E-state index is -1.08. The van der Waals surface area contributed by atoms with Crippen molar-refractivity contribution < 1.29 is 38.6 Å². The van der Waals surface area contributed by atoms with Gasteiger partial charge >= 0.3 is 5.97 Å². The Bertz CT molecular complexity index is 1640. The van der Waals surface area contributed by atoms with E-state index in [4.69, 9.17) is 4.74 Å². The van der Waals surface area contributed by atoms with E-state index >= 15 is 0 Å². The van der Waals surface area contributed by atoms with Gasteiger partial charge in [-0.3, -0.25) is 28.8 Å². The Morgan fingerprint density at radius 2 is 1.49 bits per heavy atom. The van der Waals surface area contributed by atoms with Gasteiger partial charge in [-0.05, 0) is 85.8 Å². The molecule has 0 aliphatic heterocycles. The van der Waals surface area contributed by atoms with Crippen LogP contribution in [-0.2, 0) is 28.8 Å². The summed E-state index contributed by atoms with van der Waals surface area (Å²) in [5, 5.41) is 18.4. The van der Waals surface area contributed by atoms with E-state index in [9.17, 15) is 33.9 Å². The van der Waals surface area contributed by atoms with E-state index in [1.165, 1.54) is 13.8 Å². The minimum Gasteiger partial charge on any atom is -0.490 e. The number of carboxylic acids is 1. The molecule has 0 heterocycles. The highest BCUT2D eigenvalue weighted by molar-refractivity contribution is 5.98. The van der Waals surface area contributed by atoms with Crippen LogP contribution in [0, 0.1) is 29.1 Å². The smallest absolute Gasteiger partial charge is 0.310 e. The average Bonchev–Trinajstić information content (AvgIpc) is 3.76. The van der Waals surface area contributed by atoms with E-state index in [1.54, 1.807) is 12.1 Å². The first-order chi connectivity index (χ1) is 24.3. The van der Waals surface area contributed by atoms with Crippen molar-refractivity contribution in [1.82, 2.24) is 10.6 Å². The highest BCUT2D eigenvalue weighted by atomic mass is 16.5. The number of ketones is 2. The number of anilines is 1. The minimum absolute atomic E-state index is 0.0291. The second kappa shape index (κ2) is 16.2. The quantitative estimate of drug-likeness (QED) is 0.183. The van der Waals surface area contributed by atoms with Crippen molar-refractivity contribution in [2.24, 2.45) is 29.1 Å². The fourth-order valence-electron chi connectivity index (χ4n) is 7.88. The largest absolute Gasteiger partial charge is 0.490 e. The van der Waals surface area contributed by atoms with Gasteiger partial charge in [-0.15, -0.1) is 0 Å². The SMILES string of the molecule is CC(=O)Nc1cccc(-c2cccc(O[C@H]3CC(C(=O)[C@@H](NC(=O)[C@@H](NC(C)=O)C4CCCCC4)C(C)C)[C@H](C(=O)CC4(C(=O)O)CC4)C3)c2)c1. The van der Waals surface area contributed by atoms with Crippen LogP contribution in [0.25, 0.3) is 11.1 Å². The van der Waals surface area contributed by atoms with Crippen molar-refractivity contribution in [2.45, 2.75) is 110 Å². The summed E-state index contributed by atoms with van der Waals surface area (Å²) in [6, 6.07) is 13.2. The van der Waals surface area contributed by atoms with Gasteiger partial charge in [0.05, 0.1) is 11.5 Å². The molecule has 274 valence electrons. The summed E-state index contributed by atoms with van der Waals surface area (Å²) in [6.45, 7) is 6.51. The standard InChI is InChI=1S/C40H51N3O8/c1-23(2)35(43-38(48)36(42-25(4)45)26-10-6-5-7-11-26)37(47)33-21-31(20-32(33)34(46)22-40(16-17-40)39(49)50)51-30-15-9-13-28(19-30)27-12-8-14-29(18-27)41-24(3)44/h8-9,12-15,18-19,23,26,31-33,35-36H,5-7,10-11,16-17,20-22H2,1-4H3,(H,41,44)(H,42,45)(H,43,48)(H,49,50)/t31-,32-,33?,35+,36+/m1/s1. The molecule has 0 spiro atoms. The van der Waals surface area contributed by atoms with E-state index in [1.807, 2.05) is 50.2 Å². The van der Waals surface area contributed by atoms with Gasteiger partial charge in [-0.2, -0.15) is 0 Å². The third-order valence-electron chi connectivity index (χ3n) is 10.8. The molecule has 1 unspecified atom stereocenters. The summed E-state index contributed by atoms with van der Waals surface area (Å²) < 4.78 is 6.44. The lowest BCUT2D eigenvalue weighted by atomic mass is 9.79. The first-order valence-corrected chi connectivity index (χ1v) is 18.3. The van der Waals surface area contributed by atoms with Crippen molar-refractivity contribution in [3.63, 3.8) is 0 Å². The highest BCUT2D eigenvalue weighted by Gasteiger charge is 2.54. The summed E-state index contributed by atoms with van der Waals surface area (Å²) in [7, 11) is 0. The number of hydrogen-bond acceptors (Lipinski definition) is 7. The number of benzene rings is 2. The van der Waals surface area contributed by atoms with Crippen LogP contribution < -0.4 is 20.7 Å². The Balaban J connectivity index is 1.37. The molecule has 4 N–H and O–H groups in total. The summed E-state index contributed by atoms with van der Waals surface area (Å²) in [4.78, 5) is 77.9. The van der Waals surface area contributed by atoms with Crippen LogP contribution in [-0.4, -0.2) is 58.6 Å². The number of rotatable bonds is 15. The lowest BCUT2D eigenvalue weighted by molar-refractivity contribution is -0.146. The summed E-state index contributed by atoms with van der Waals surface area (Å²) in [5.74, 6) is -3.78. The Morgan fingerprint density at radius 1 is 0.843 bits per heavy atom. The number of hydrogen-bond donors (Lipinski definition) is 4. The molecule has 0 saturated heterocycles. The predicted octanol–water partition coefficient (Wildman–Crippen LogP) is 5.70. The lowest BCUT2D eigenvalue weighted by Crippen LogP contribution is -2.56. The lowest BCUT2D eigenvalue weighted by Gasteiger charge is -2.32. The van der Waals surface area contributed by atoms with Crippen LogP contribution in [0.2, 0.25) is 0 Å².